The van der Waals surface area contributed by atoms with Gasteiger partial charge in [0, 0.05) is 29.8 Å². The molecule has 0 saturated carbocycles. The van der Waals surface area contributed by atoms with Crippen molar-refractivity contribution in [2.45, 2.75) is 13.3 Å². The molecule has 0 atom stereocenters. The molecule has 0 radical (unpaired) electrons. The Kier molecular flexibility index (Phi) is 3.84. The molecule has 0 N–H and O–H groups in total. The Labute approximate surface area is 110 Å². The lowest BCUT2D eigenvalue weighted by atomic mass is 10.2. The van der Waals surface area contributed by atoms with Crippen LogP contribution >= 0.6 is 15.9 Å². The van der Waals surface area contributed by atoms with Gasteiger partial charge in [-0.3, -0.25) is 4.68 Å². The van der Waals surface area contributed by atoms with Gasteiger partial charge in [0.2, 0.25) is 0 Å². The molecule has 2 aromatic rings. The number of aromatic nitrogens is 2. The van der Waals surface area contributed by atoms with Gasteiger partial charge >= 0.3 is 0 Å². The molecule has 3 nitrogen and oxygen atoms in total. The van der Waals surface area contributed by atoms with Gasteiger partial charge in [0.25, 0.3) is 0 Å². The first-order valence-corrected chi connectivity index (χ1v) is 6.32. The highest BCUT2D eigenvalue weighted by atomic mass is 79.9. The molecule has 0 saturated heterocycles. The van der Waals surface area contributed by atoms with Crippen molar-refractivity contribution in [1.29, 1.82) is 0 Å². The Morgan fingerprint density at radius 3 is 2.88 bits per heavy atom. The third-order valence-corrected chi connectivity index (χ3v) is 3.18. The fourth-order valence-corrected chi connectivity index (χ4v) is 1.98. The SMILES string of the molecule is Cc1ccc(Br)cc1OCCc1ccnn1C. The highest BCUT2D eigenvalue weighted by Crippen LogP contribution is 2.22. The lowest BCUT2D eigenvalue weighted by molar-refractivity contribution is 0.316. The summed E-state index contributed by atoms with van der Waals surface area (Å²) in [5.41, 5.74) is 2.33. The molecule has 0 fully saturated rings. The zero-order valence-corrected chi connectivity index (χ0v) is 11.6. The highest BCUT2D eigenvalue weighted by molar-refractivity contribution is 9.10. The minimum absolute atomic E-state index is 0.664. The first-order valence-electron chi connectivity index (χ1n) is 5.52. The van der Waals surface area contributed by atoms with E-state index in [1.165, 1.54) is 5.69 Å². The standard InChI is InChI=1S/C13H15BrN2O/c1-10-3-4-11(14)9-13(10)17-8-6-12-5-7-15-16(12)2/h3-5,7,9H,6,8H2,1-2H3. The number of hydrogen-bond donors (Lipinski definition) is 0. The van der Waals surface area contributed by atoms with Crippen molar-refractivity contribution in [1.82, 2.24) is 9.78 Å². The quantitative estimate of drug-likeness (QED) is 0.866. The van der Waals surface area contributed by atoms with Crippen LogP contribution in [0.1, 0.15) is 11.3 Å². The number of benzene rings is 1. The van der Waals surface area contributed by atoms with E-state index in [0.717, 1.165) is 22.2 Å². The number of ether oxygens (including phenoxy) is 1. The predicted octanol–water partition coefficient (Wildman–Crippen LogP) is 3.11. The van der Waals surface area contributed by atoms with Crippen LogP contribution in [0.25, 0.3) is 0 Å². The average Bonchev–Trinajstić information content (AvgIpc) is 2.70. The van der Waals surface area contributed by atoms with Crippen LogP contribution in [0.5, 0.6) is 5.75 Å². The smallest absolute Gasteiger partial charge is 0.123 e. The van der Waals surface area contributed by atoms with Crippen LogP contribution in [0.3, 0.4) is 0 Å². The minimum atomic E-state index is 0.664. The van der Waals surface area contributed by atoms with E-state index in [-0.39, 0.29) is 0 Å². The Bertz CT molecular complexity index is 508. The Morgan fingerprint density at radius 2 is 2.18 bits per heavy atom. The van der Waals surface area contributed by atoms with E-state index in [1.54, 1.807) is 6.20 Å². The Morgan fingerprint density at radius 1 is 1.35 bits per heavy atom. The molecule has 0 aliphatic carbocycles. The third kappa shape index (κ3) is 3.09. The third-order valence-electron chi connectivity index (χ3n) is 2.69. The van der Waals surface area contributed by atoms with Gasteiger partial charge in [0.1, 0.15) is 5.75 Å². The van der Waals surface area contributed by atoms with Crippen LogP contribution in [0, 0.1) is 6.92 Å². The van der Waals surface area contributed by atoms with Crippen molar-refractivity contribution >= 4 is 15.9 Å². The van der Waals surface area contributed by atoms with Crippen LogP contribution < -0.4 is 4.74 Å². The summed E-state index contributed by atoms with van der Waals surface area (Å²) in [6.07, 6.45) is 2.67. The number of halogens is 1. The zero-order valence-electron chi connectivity index (χ0n) is 9.98. The van der Waals surface area contributed by atoms with Crippen LogP contribution in [0.2, 0.25) is 0 Å². The normalized spacial score (nSPS) is 10.5. The molecule has 90 valence electrons. The molecule has 0 spiro atoms. The molecule has 0 bridgehead atoms. The second-order valence-electron chi connectivity index (χ2n) is 3.95. The lowest BCUT2D eigenvalue weighted by Gasteiger charge is -2.09. The molecule has 0 aliphatic heterocycles. The van der Waals surface area contributed by atoms with Gasteiger partial charge in [0.15, 0.2) is 0 Å². The monoisotopic (exact) mass is 294 g/mol. The van der Waals surface area contributed by atoms with Crippen molar-refractivity contribution in [3.8, 4) is 5.75 Å². The van der Waals surface area contributed by atoms with E-state index in [2.05, 4.69) is 21.0 Å². The zero-order chi connectivity index (χ0) is 12.3. The van der Waals surface area contributed by atoms with Crippen LogP contribution in [0.4, 0.5) is 0 Å². The molecule has 0 amide bonds. The molecule has 1 heterocycles. The summed E-state index contributed by atoms with van der Waals surface area (Å²) in [6.45, 7) is 2.71. The molecule has 0 aliphatic rings. The molecule has 1 aromatic carbocycles. The topological polar surface area (TPSA) is 27.1 Å². The summed E-state index contributed by atoms with van der Waals surface area (Å²) >= 11 is 3.44. The van der Waals surface area contributed by atoms with Crippen LogP contribution in [0.15, 0.2) is 34.9 Å². The first-order chi connectivity index (χ1) is 8.16. The van der Waals surface area contributed by atoms with Crippen LogP contribution in [-0.4, -0.2) is 16.4 Å². The second-order valence-corrected chi connectivity index (χ2v) is 4.87. The molecule has 17 heavy (non-hydrogen) atoms. The predicted molar refractivity (Wildman–Crippen MR) is 71.3 cm³/mol. The maximum atomic E-state index is 5.77. The van der Waals surface area contributed by atoms with Crippen molar-refractivity contribution < 1.29 is 4.74 Å². The fraction of sp³-hybridized carbons (Fsp3) is 0.308. The first kappa shape index (κ1) is 12.2. The lowest BCUT2D eigenvalue weighted by Crippen LogP contribution is -2.06. The highest BCUT2D eigenvalue weighted by Gasteiger charge is 2.02. The molecule has 0 unspecified atom stereocenters. The van der Waals surface area contributed by atoms with Gasteiger partial charge in [-0.15, -0.1) is 0 Å². The number of nitrogens with zero attached hydrogens (tertiary/aromatic N) is 2. The van der Waals surface area contributed by atoms with Gasteiger partial charge in [0.05, 0.1) is 6.61 Å². The molecule has 2 rings (SSSR count). The summed E-state index contributed by atoms with van der Waals surface area (Å²) in [7, 11) is 1.94. The Balaban J connectivity index is 1.94. The summed E-state index contributed by atoms with van der Waals surface area (Å²) in [5.74, 6) is 0.932. The maximum Gasteiger partial charge on any atom is 0.123 e. The van der Waals surface area contributed by atoms with Crippen molar-refractivity contribution in [2.75, 3.05) is 6.61 Å². The second kappa shape index (κ2) is 5.36. The number of aryl methyl sites for hydroxylation is 2. The number of hydrogen-bond acceptors (Lipinski definition) is 2. The summed E-state index contributed by atoms with van der Waals surface area (Å²) in [4.78, 5) is 0. The van der Waals surface area contributed by atoms with Gasteiger partial charge < -0.3 is 4.74 Å². The Hall–Kier alpha value is -1.29. The molecule has 4 heteroatoms. The van der Waals surface area contributed by atoms with E-state index in [9.17, 15) is 0 Å². The largest absolute Gasteiger partial charge is 0.493 e. The van der Waals surface area contributed by atoms with E-state index in [1.807, 2.05) is 42.9 Å². The van der Waals surface area contributed by atoms with Gasteiger partial charge in [-0.1, -0.05) is 22.0 Å². The average molecular weight is 295 g/mol. The molecular formula is C13H15BrN2O. The molecular weight excluding hydrogens is 280 g/mol. The van der Waals surface area contributed by atoms with Gasteiger partial charge in [-0.25, -0.2) is 0 Å². The van der Waals surface area contributed by atoms with Gasteiger partial charge in [-0.2, -0.15) is 5.10 Å². The van der Waals surface area contributed by atoms with Crippen molar-refractivity contribution in [2.24, 2.45) is 7.05 Å². The summed E-state index contributed by atoms with van der Waals surface area (Å²) in [5, 5.41) is 4.13. The van der Waals surface area contributed by atoms with E-state index >= 15 is 0 Å². The van der Waals surface area contributed by atoms with Gasteiger partial charge in [-0.05, 0) is 30.7 Å². The maximum absolute atomic E-state index is 5.77. The van der Waals surface area contributed by atoms with Crippen molar-refractivity contribution in [3.05, 3.63) is 46.2 Å². The summed E-state index contributed by atoms with van der Waals surface area (Å²) in [6, 6.07) is 8.07. The van der Waals surface area contributed by atoms with Crippen LogP contribution in [-0.2, 0) is 13.5 Å². The van der Waals surface area contributed by atoms with E-state index in [4.69, 9.17) is 4.74 Å². The van der Waals surface area contributed by atoms with E-state index in [0.29, 0.717) is 6.61 Å². The summed E-state index contributed by atoms with van der Waals surface area (Å²) < 4.78 is 8.69. The van der Waals surface area contributed by atoms with E-state index < -0.39 is 0 Å². The molecule has 1 aromatic heterocycles. The van der Waals surface area contributed by atoms with Crippen molar-refractivity contribution in [3.63, 3.8) is 0 Å². The fourth-order valence-electron chi connectivity index (χ4n) is 1.64. The minimum Gasteiger partial charge on any atom is -0.493 e. The number of rotatable bonds is 4.